The number of carbonyl (C=O) groups is 2. The average molecular weight is 463 g/mol. The predicted octanol–water partition coefficient (Wildman–Crippen LogP) is 2.96. The van der Waals surface area contributed by atoms with Crippen LogP contribution in [0.2, 0.25) is 0 Å². The van der Waals surface area contributed by atoms with Crippen molar-refractivity contribution in [2.45, 2.75) is 51.2 Å². The molecule has 1 fully saturated rings. The summed E-state index contributed by atoms with van der Waals surface area (Å²) < 4.78 is 40.2. The van der Waals surface area contributed by atoms with Crippen molar-refractivity contribution in [3.05, 3.63) is 52.8 Å². The zero-order valence-electron chi connectivity index (χ0n) is 19.0. The molecule has 0 aliphatic carbocycles. The molecule has 0 radical (unpaired) electrons. The van der Waals surface area contributed by atoms with Crippen LogP contribution in [0, 0.1) is 13.8 Å². The number of hydrogen-bond acceptors (Lipinski definition) is 6. The lowest BCUT2D eigenvalue weighted by molar-refractivity contribution is 0.0587. The fourth-order valence-electron chi connectivity index (χ4n) is 4.30. The first-order chi connectivity index (χ1) is 15.2. The summed E-state index contributed by atoms with van der Waals surface area (Å²) in [5.74, 6) is -0.894. The lowest BCUT2D eigenvalue weighted by atomic mass is 10.1. The molecule has 0 spiro atoms. The Bertz CT molecular complexity index is 1090. The molecule has 1 aliphatic heterocycles. The van der Waals surface area contributed by atoms with E-state index in [1.54, 1.807) is 36.6 Å². The maximum absolute atomic E-state index is 13.4. The number of ketones is 1. The van der Waals surface area contributed by atoms with Crippen molar-refractivity contribution >= 4 is 21.8 Å². The van der Waals surface area contributed by atoms with Gasteiger partial charge in [0.25, 0.3) is 0 Å². The molecule has 0 saturated carbocycles. The zero-order chi connectivity index (χ0) is 23.5. The normalized spacial score (nSPS) is 16.5. The second kappa shape index (κ2) is 9.97. The molecule has 0 N–H and O–H groups in total. The minimum absolute atomic E-state index is 0.0966. The maximum Gasteiger partial charge on any atom is 0.354 e. The first-order valence-electron chi connectivity index (χ1n) is 10.7. The lowest BCUT2D eigenvalue weighted by Crippen LogP contribution is -2.41. The standard InChI is InChI=1S/C23H30N2O6S/c1-5-25-17(3)21(16(2)22(25)23(27)30-4)20(26)15-24(14-18-10-9-13-31-18)32(28,29)19-11-7-6-8-12-19/h6-8,11-12,18H,5,9-10,13-15H2,1-4H3. The zero-order valence-corrected chi connectivity index (χ0v) is 19.8. The van der Waals surface area contributed by atoms with Gasteiger partial charge in [-0.2, -0.15) is 4.31 Å². The number of benzene rings is 1. The first kappa shape index (κ1) is 24.2. The topological polar surface area (TPSA) is 94.9 Å². The van der Waals surface area contributed by atoms with Crippen LogP contribution in [0.4, 0.5) is 0 Å². The summed E-state index contributed by atoms with van der Waals surface area (Å²) >= 11 is 0. The Morgan fingerprint density at radius 3 is 2.47 bits per heavy atom. The third-order valence-electron chi connectivity index (χ3n) is 5.87. The molecule has 3 rings (SSSR count). The number of esters is 1. The lowest BCUT2D eigenvalue weighted by Gasteiger charge is -2.24. The summed E-state index contributed by atoms with van der Waals surface area (Å²) in [7, 11) is -2.62. The summed E-state index contributed by atoms with van der Waals surface area (Å²) in [4.78, 5) is 25.9. The van der Waals surface area contributed by atoms with Gasteiger partial charge in [-0.05, 0) is 51.3 Å². The fraction of sp³-hybridized carbons (Fsp3) is 0.478. The van der Waals surface area contributed by atoms with Gasteiger partial charge in [0, 0.05) is 31.0 Å². The number of methoxy groups -OCH3 is 1. The number of Topliss-reactive ketones (excluding diaryl/α,β-unsaturated/α-hetero) is 1. The summed E-state index contributed by atoms with van der Waals surface area (Å²) in [5.41, 5.74) is 1.78. The van der Waals surface area contributed by atoms with E-state index in [4.69, 9.17) is 9.47 Å². The minimum atomic E-state index is -3.91. The van der Waals surface area contributed by atoms with Crippen LogP contribution in [0.15, 0.2) is 35.2 Å². The number of rotatable bonds is 9. The molecule has 0 bridgehead atoms. The summed E-state index contributed by atoms with van der Waals surface area (Å²) in [5, 5.41) is 0. The molecule has 32 heavy (non-hydrogen) atoms. The van der Waals surface area contributed by atoms with E-state index >= 15 is 0 Å². The molecule has 2 heterocycles. The summed E-state index contributed by atoms with van der Waals surface area (Å²) in [6, 6.07) is 8.07. The van der Waals surface area contributed by atoms with E-state index in [0.29, 0.717) is 35.7 Å². The molecule has 8 nitrogen and oxygen atoms in total. The van der Waals surface area contributed by atoms with Crippen molar-refractivity contribution in [2.24, 2.45) is 0 Å². The molecule has 1 aliphatic rings. The molecular weight excluding hydrogens is 432 g/mol. The van der Waals surface area contributed by atoms with Gasteiger partial charge in [0.15, 0.2) is 5.78 Å². The van der Waals surface area contributed by atoms with Crippen LogP contribution < -0.4 is 0 Å². The average Bonchev–Trinajstić information content (AvgIpc) is 3.38. The van der Waals surface area contributed by atoms with Gasteiger partial charge in [-0.1, -0.05) is 18.2 Å². The van der Waals surface area contributed by atoms with Crippen LogP contribution in [-0.2, 0) is 26.0 Å². The highest BCUT2D eigenvalue weighted by molar-refractivity contribution is 7.89. The van der Waals surface area contributed by atoms with Gasteiger partial charge in [-0.15, -0.1) is 0 Å². The molecule has 1 aromatic carbocycles. The van der Waals surface area contributed by atoms with Crippen molar-refractivity contribution in [3.8, 4) is 0 Å². The van der Waals surface area contributed by atoms with Crippen LogP contribution in [0.5, 0.6) is 0 Å². The van der Waals surface area contributed by atoms with Gasteiger partial charge < -0.3 is 14.0 Å². The van der Waals surface area contributed by atoms with E-state index in [1.165, 1.54) is 23.5 Å². The molecule has 1 atom stereocenters. The number of carbonyl (C=O) groups excluding carboxylic acids is 2. The van der Waals surface area contributed by atoms with Crippen molar-refractivity contribution in [2.75, 3.05) is 26.8 Å². The van der Waals surface area contributed by atoms with Crippen LogP contribution in [0.3, 0.4) is 0 Å². The molecule has 1 aromatic heterocycles. The number of aromatic nitrogens is 1. The maximum atomic E-state index is 13.4. The third kappa shape index (κ3) is 4.65. The molecular formula is C23H30N2O6S. The summed E-state index contributed by atoms with van der Waals surface area (Å²) in [6.45, 7) is 6.13. The van der Waals surface area contributed by atoms with E-state index in [1.807, 2.05) is 6.92 Å². The van der Waals surface area contributed by atoms with E-state index < -0.39 is 16.0 Å². The number of hydrogen-bond donors (Lipinski definition) is 0. The molecule has 2 aromatic rings. The van der Waals surface area contributed by atoms with Gasteiger partial charge in [0.1, 0.15) is 5.69 Å². The SMILES string of the molecule is CCn1c(C)c(C(=O)CN(CC2CCCO2)S(=O)(=O)c2ccccc2)c(C)c1C(=O)OC. The smallest absolute Gasteiger partial charge is 0.354 e. The predicted molar refractivity (Wildman–Crippen MR) is 119 cm³/mol. The van der Waals surface area contributed by atoms with Gasteiger partial charge >= 0.3 is 5.97 Å². The molecule has 1 saturated heterocycles. The largest absolute Gasteiger partial charge is 0.464 e. The van der Waals surface area contributed by atoms with E-state index in [0.717, 1.165) is 12.8 Å². The van der Waals surface area contributed by atoms with Crippen LogP contribution in [0.25, 0.3) is 0 Å². The Hall–Kier alpha value is -2.49. The number of nitrogens with zero attached hydrogens (tertiary/aromatic N) is 2. The highest BCUT2D eigenvalue weighted by Gasteiger charge is 2.33. The quantitative estimate of drug-likeness (QED) is 0.420. The van der Waals surface area contributed by atoms with E-state index in [9.17, 15) is 18.0 Å². The van der Waals surface area contributed by atoms with Crippen LogP contribution in [-0.4, -0.2) is 62.0 Å². The second-order valence-electron chi connectivity index (χ2n) is 7.84. The molecule has 0 amide bonds. The second-order valence-corrected chi connectivity index (χ2v) is 9.78. The summed E-state index contributed by atoms with van der Waals surface area (Å²) in [6.07, 6.45) is 1.35. The monoisotopic (exact) mass is 462 g/mol. The fourth-order valence-corrected chi connectivity index (χ4v) is 5.75. The number of ether oxygens (including phenoxy) is 2. The van der Waals surface area contributed by atoms with Crippen molar-refractivity contribution < 1.29 is 27.5 Å². The molecule has 174 valence electrons. The van der Waals surface area contributed by atoms with Crippen molar-refractivity contribution in [1.82, 2.24) is 8.87 Å². The Morgan fingerprint density at radius 2 is 1.91 bits per heavy atom. The Kier molecular flexibility index (Phi) is 7.53. The van der Waals surface area contributed by atoms with E-state index in [-0.39, 0.29) is 29.9 Å². The highest BCUT2D eigenvalue weighted by atomic mass is 32.2. The van der Waals surface area contributed by atoms with Gasteiger partial charge in [0.2, 0.25) is 10.0 Å². The van der Waals surface area contributed by atoms with Gasteiger partial charge in [0.05, 0.1) is 24.7 Å². The van der Waals surface area contributed by atoms with Gasteiger partial charge in [-0.3, -0.25) is 4.79 Å². The van der Waals surface area contributed by atoms with Crippen molar-refractivity contribution in [3.63, 3.8) is 0 Å². The Balaban J connectivity index is 1.99. The molecule has 9 heteroatoms. The van der Waals surface area contributed by atoms with Crippen molar-refractivity contribution in [1.29, 1.82) is 0 Å². The third-order valence-corrected chi connectivity index (χ3v) is 7.70. The van der Waals surface area contributed by atoms with E-state index in [2.05, 4.69) is 0 Å². The van der Waals surface area contributed by atoms with Crippen LogP contribution in [0.1, 0.15) is 51.9 Å². The Morgan fingerprint density at radius 1 is 1.22 bits per heavy atom. The highest BCUT2D eigenvalue weighted by Crippen LogP contribution is 2.26. The number of sulfonamides is 1. The first-order valence-corrected chi connectivity index (χ1v) is 12.1. The van der Waals surface area contributed by atoms with Gasteiger partial charge in [-0.25, -0.2) is 13.2 Å². The minimum Gasteiger partial charge on any atom is -0.464 e. The molecule has 1 unspecified atom stereocenters. The van der Waals surface area contributed by atoms with Crippen LogP contribution >= 0.6 is 0 Å². The Labute approximate surface area is 189 Å².